The van der Waals surface area contributed by atoms with E-state index >= 15 is 0 Å². The van der Waals surface area contributed by atoms with E-state index in [4.69, 9.17) is 0 Å². The van der Waals surface area contributed by atoms with Crippen molar-refractivity contribution in [1.29, 1.82) is 0 Å². The first-order valence-electron chi connectivity index (χ1n) is 5.89. The summed E-state index contributed by atoms with van der Waals surface area (Å²) < 4.78 is 0.801. The summed E-state index contributed by atoms with van der Waals surface area (Å²) in [5, 5.41) is 3.35. The van der Waals surface area contributed by atoms with Crippen molar-refractivity contribution >= 4 is 21.7 Å². The van der Waals surface area contributed by atoms with Gasteiger partial charge in [0.05, 0.1) is 6.04 Å². The van der Waals surface area contributed by atoms with Crippen LogP contribution < -0.4 is 5.32 Å². The Labute approximate surface area is 115 Å². The van der Waals surface area contributed by atoms with E-state index in [1.165, 1.54) is 0 Å². The monoisotopic (exact) mass is 306 g/mol. The highest BCUT2D eigenvalue weighted by atomic mass is 79.9. The van der Waals surface area contributed by atoms with E-state index in [2.05, 4.69) is 43.1 Å². The second-order valence-corrected chi connectivity index (χ2v) is 4.81. The zero-order valence-corrected chi connectivity index (χ0v) is 12.0. The minimum absolute atomic E-state index is 0.158. The third-order valence-electron chi connectivity index (χ3n) is 2.61. The van der Waals surface area contributed by atoms with E-state index in [-0.39, 0.29) is 6.04 Å². The van der Waals surface area contributed by atoms with Crippen LogP contribution in [0, 0.1) is 0 Å². The van der Waals surface area contributed by atoms with Gasteiger partial charge >= 0.3 is 0 Å². The second kappa shape index (κ2) is 5.91. The molecule has 0 aliphatic heterocycles. The largest absolute Gasteiger partial charge is 0.363 e. The Balaban J connectivity index is 2.16. The lowest BCUT2D eigenvalue weighted by Gasteiger charge is -2.15. The highest BCUT2D eigenvalue weighted by Gasteiger charge is 2.07. The molecule has 0 fully saturated rings. The minimum Gasteiger partial charge on any atom is -0.363 e. The summed E-state index contributed by atoms with van der Waals surface area (Å²) in [6, 6.07) is 6.01. The molecule has 0 saturated heterocycles. The first kappa shape index (κ1) is 13.0. The summed E-state index contributed by atoms with van der Waals surface area (Å²) in [6.07, 6.45) is 4.44. The number of hydrogen-bond acceptors (Lipinski definition) is 4. The molecule has 0 saturated carbocycles. The van der Waals surface area contributed by atoms with Gasteiger partial charge in [0.25, 0.3) is 0 Å². The van der Waals surface area contributed by atoms with Crippen molar-refractivity contribution in [2.75, 3.05) is 5.32 Å². The van der Waals surface area contributed by atoms with E-state index in [0.717, 1.165) is 28.2 Å². The number of nitrogens with zero attached hydrogens (tertiary/aromatic N) is 3. The summed E-state index contributed by atoms with van der Waals surface area (Å²) in [5.74, 6) is 1.65. The molecular weight excluding hydrogens is 292 g/mol. The number of nitrogens with one attached hydrogen (secondary N) is 1. The maximum absolute atomic E-state index is 4.44. The average Bonchev–Trinajstić information content (AvgIpc) is 2.39. The molecule has 1 atom stereocenters. The molecule has 0 spiro atoms. The maximum Gasteiger partial charge on any atom is 0.131 e. The molecule has 2 aromatic rings. The highest BCUT2D eigenvalue weighted by Crippen LogP contribution is 2.19. The third-order valence-corrected chi connectivity index (χ3v) is 3.01. The number of aryl methyl sites for hydroxylation is 1. The summed E-state index contributed by atoms with van der Waals surface area (Å²) >= 11 is 3.40. The average molecular weight is 307 g/mol. The molecule has 2 aromatic heterocycles. The van der Waals surface area contributed by atoms with Gasteiger partial charge < -0.3 is 5.32 Å². The van der Waals surface area contributed by atoms with Crippen LogP contribution >= 0.6 is 15.9 Å². The molecular formula is C13H15BrN4. The van der Waals surface area contributed by atoms with E-state index in [1.807, 2.05) is 31.3 Å². The van der Waals surface area contributed by atoms with Crippen LogP contribution in [0.15, 0.2) is 35.2 Å². The molecule has 2 rings (SSSR count). The van der Waals surface area contributed by atoms with Gasteiger partial charge in [-0.05, 0) is 34.5 Å². The third kappa shape index (κ3) is 3.26. The van der Waals surface area contributed by atoms with Crippen LogP contribution in [0.1, 0.15) is 31.3 Å². The molecule has 0 aliphatic rings. The number of rotatable bonds is 4. The number of hydrogen-bond donors (Lipinski definition) is 1. The zero-order chi connectivity index (χ0) is 13.0. The fourth-order valence-corrected chi connectivity index (χ4v) is 2.06. The Bertz CT molecular complexity index is 516. The van der Waals surface area contributed by atoms with Gasteiger partial charge in [0.1, 0.15) is 16.2 Å². The lowest BCUT2D eigenvalue weighted by molar-refractivity contribution is 0.848. The molecule has 0 aromatic carbocycles. The summed E-state index contributed by atoms with van der Waals surface area (Å²) in [7, 11) is 0. The molecule has 2 heterocycles. The normalized spacial score (nSPS) is 12.2. The summed E-state index contributed by atoms with van der Waals surface area (Å²) in [6.45, 7) is 4.12. The Kier molecular flexibility index (Phi) is 4.25. The van der Waals surface area contributed by atoms with Crippen LogP contribution in [0.4, 0.5) is 5.82 Å². The van der Waals surface area contributed by atoms with Crippen molar-refractivity contribution in [1.82, 2.24) is 15.0 Å². The predicted molar refractivity (Wildman–Crippen MR) is 75.4 cm³/mol. The van der Waals surface area contributed by atoms with Crippen LogP contribution in [0.2, 0.25) is 0 Å². The molecule has 1 unspecified atom stereocenters. The van der Waals surface area contributed by atoms with Gasteiger partial charge in [-0.25, -0.2) is 9.97 Å². The van der Waals surface area contributed by atoms with E-state index in [0.29, 0.717) is 0 Å². The van der Waals surface area contributed by atoms with E-state index in [9.17, 15) is 0 Å². The molecule has 4 nitrogen and oxygen atoms in total. The van der Waals surface area contributed by atoms with Crippen molar-refractivity contribution in [3.05, 3.63) is 46.6 Å². The minimum atomic E-state index is 0.158. The van der Waals surface area contributed by atoms with Gasteiger partial charge in [0.2, 0.25) is 0 Å². The zero-order valence-electron chi connectivity index (χ0n) is 10.4. The number of aromatic nitrogens is 3. The molecule has 0 amide bonds. The summed E-state index contributed by atoms with van der Waals surface area (Å²) in [5.41, 5.74) is 1.13. The van der Waals surface area contributed by atoms with Crippen molar-refractivity contribution in [2.45, 2.75) is 26.3 Å². The van der Waals surface area contributed by atoms with Crippen LogP contribution in [0.3, 0.4) is 0 Å². The van der Waals surface area contributed by atoms with Crippen molar-refractivity contribution in [2.24, 2.45) is 0 Å². The standard InChI is InChI=1S/C13H15BrN4/c1-3-12-17-11(14)7-13(18-12)16-9(2)10-5-4-6-15-8-10/h4-9H,3H2,1-2H3,(H,16,17,18). The van der Waals surface area contributed by atoms with Gasteiger partial charge in [0.15, 0.2) is 0 Å². The van der Waals surface area contributed by atoms with Crippen LogP contribution in [-0.4, -0.2) is 15.0 Å². The Morgan fingerprint density at radius 2 is 2.22 bits per heavy atom. The van der Waals surface area contributed by atoms with E-state index < -0.39 is 0 Å². The Morgan fingerprint density at radius 1 is 1.39 bits per heavy atom. The van der Waals surface area contributed by atoms with Gasteiger partial charge in [-0.1, -0.05) is 13.0 Å². The highest BCUT2D eigenvalue weighted by molar-refractivity contribution is 9.10. The Hall–Kier alpha value is -1.49. The van der Waals surface area contributed by atoms with Gasteiger partial charge in [-0.2, -0.15) is 0 Å². The second-order valence-electron chi connectivity index (χ2n) is 4.00. The molecule has 18 heavy (non-hydrogen) atoms. The van der Waals surface area contributed by atoms with Crippen molar-refractivity contribution in [3.63, 3.8) is 0 Å². The van der Waals surface area contributed by atoms with Gasteiger partial charge in [-0.3, -0.25) is 4.98 Å². The fraction of sp³-hybridized carbons (Fsp3) is 0.308. The quantitative estimate of drug-likeness (QED) is 0.880. The molecule has 94 valence electrons. The number of halogens is 1. The number of anilines is 1. The SMILES string of the molecule is CCc1nc(Br)cc(NC(C)c2cccnc2)n1. The lowest BCUT2D eigenvalue weighted by Crippen LogP contribution is -2.09. The first-order chi connectivity index (χ1) is 8.69. The van der Waals surface area contributed by atoms with Crippen molar-refractivity contribution < 1.29 is 0 Å². The van der Waals surface area contributed by atoms with Crippen molar-refractivity contribution in [3.8, 4) is 0 Å². The molecule has 1 N–H and O–H groups in total. The van der Waals surface area contributed by atoms with Gasteiger partial charge in [0, 0.05) is 24.9 Å². The fourth-order valence-electron chi connectivity index (χ4n) is 1.63. The maximum atomic E-state index is 4.44. The first-order valence-corrected chi connectivity index (χ1v) is 6.68. The Morgan fingerprint density at radius 3 is 2.89 bits per heavy atom. The van der Waals surface area contributed by atoms with Crippen LogP contribution in [0.25, 0.3) is 0 Å². The molecule has 0 radical (unpaired) electrons. The topological polar surface area (TPSA) is 50.7 Å². The van der Waals surface area contributed by atoms with E-state index in [1.54, 1.807) is 6.20 Å². The predicted octanol–water partition coefficient (Wildman–Crippen LogP) is 3.37. The van der Waals surface area contributed by atoms with Gasteiger partial charge in [-0.15, -0.1) is 0 Å². The molecule has 5 heteroatoms. The van der Waals surface area contributed by atoms with Crippen LogP contribution in [-0.2, 0) is 6.42 Å². The smallest absolute Gasteiger partial charge is 0.131 e. The van der Waals surface area contributed by atoms with Crippen LogP contribution in [0.5, 0.6) is 0 Å². The summed E-state index contributed by atoms with van der Waals surface area (Å²) in [4.78, 5) is 12.8. The molecule has 0 bridgehead atoms. The molecule has 0 aliphatic carbocycles. The lowest BCUT2D eigenvalue weighted by atomic mass is 10.1. The number of pyridine rings is 1.